The topological polar surface area (TPSA) is 86.7 Å². The van der Waals surface area contributed by atoms with Crippen LogP contribution in [0.1, 0.15) is 23.2 Å². The molecule has 27 heavy (non-hydrogen) atoms. The second-order valence-corrected chi connectivity index (χ2v) is 6.54. The molecule has 0 fully saturated rings. The third-order valence-corrected chi connectivity index (χ3v) is 4.29. The van der Waals surface area contributed by atoms with Crippen LogP contribution in [-0.2, 0) is 0 Å². The molecule has 1 atom stereocenters. The van der Waals surface area contributed by atoms with E-state index in [1.165, 1.54) is 24.3 Å². The number of aromatic nitrogens is 4. The van der Waals surface area contributed by atoms with Crippen molar-refractivity contribution in [1.29, 1.82) is 0 Å². The average Bonchev–Trinajstić information content (AvgIpc) is 3.06. The van der Waals surface area contributed by atoms with E-state index in [4.69, 9.17) is 11.6 Å². The number of aliphatic hydroxyl groups excluding tert-OH is 1. The largest absolute Gasteiger partial charge is 0.380 e. The Morgan fingerprint density at radius 2 is 1.89 bits per heavy atom. The van der Waals surface area contributed by atoms with Gasteiger partial charge in [-0.15, -0.1) is 0 Å². The predicted molar refractivity (Wildman–Crippen MR) is 102 cm³/mol. The lowest BCUT2D eigenvalue weighted by molar-refractivity contribution is 0.210. The van der Waals surface area contributed by atoms with Crippen molar-refractivity contribution >= 4 is 34.1 Å². The van der Waals surface area contributed by atoms with Crippen LogP contribution in [0.5, 0.6) is 0 Å². The molecule has 4 rings (SSSR count). The second kappa shape index (κ2) is 6.94. The summed E-state index contributed by atoms with van der Waals surface area (Å²) in [6.45, 7) is 1.89. The van der Waals surface area contributed by atoms with Crippen LogP contribution in [0, 0.1) is 12.7 Å². The SMILES string of the molecule is Cc1cc(Nc2nc([C@@H](O)c3ccc(F)cc3)nc3cc(Cl)ccc23)n[nH]1. The summed E-state index contributed by atoms with van der Waals surface area (Å²) in [5.74, 6) is 0.864. The first-order chi connectivity index (χ1) is 13.0. The van der Waals surface area contributed by atoms with Crippen molar-refractivity contribution in [2.24, 2.45) is 0 Å². The molecule has 0 amide bonds. The lowest BCUT2D eigenvalue weighted by atomic mass is 10.1. The molecule has 136 valence electrons. The highest BCUT2D eigenvalue weighted by Crippen LogP contribution is 2.29. The quantitative estimate of drug-likeness (QED) is 0.489. The van der Waals surface area contributed by atoms with Crippen molar-refractivity contribution in [2.45, 2.75) is 13.0 Å². The van der Waals surface area contributed by atoms with Crippen LogP contribution in [0.15, 0.2) is 48.5 Å². The molecule has 0 unspecified atom stereocenters. The van der Waals surface area contributed by atoms with Crippen molar-refractivity contribution in [1.82, 2.24) is 20.2 Å². The summed E-state index contributed by atoms with van der Waals surface area (Å²) >= 11 is 6.10. The second-order valence-electron chi connectivity index (χ2n) is 6.11. The summed E-state index contributed by atoms with van der Waals surface area (Å²) in [5, 5.41) is 22.1. The number of aromatic amines is 1. The first-order valence-corrected chi connectivity index (χ1v) is 8.57. The predicted octanol–water partition coefficient (Wildman–Crippen LogP) is 4.28. The first kappa shape index (κ1) is 17.4. The smallest absolute Gasteiger partial charge is 0.164 e. The van der Waals surface area contributed by atoms with Gasteiger partial charge in [0.05, 0.1) is 5.52 Å². The zero-order valence-corrected chi connectivity index (χ0v) is 15.0. The Balaban J connectivity index is 1.81. The van der Waals surface area contributed by atoms with Crippen LogP contribution in [0.2, 0.25) is 5.02 Å². The van der Waals surface area contributed by atoms with Crippen LogP contribution in [-0.4, -0.2) is 25.3 Å². The van der Waals surface area contributed by atoms with E-state index in [1.807, 2.05) is 13.0 Å². The molecule has 0 bridgehead atoms. The van der Waals surface area contributed by atoms with E-state index in [-0.39, 0.29) is 11.6 Å². The number of rotatable bonds is 4. The van der Waals surface area contributed by atoms with E-state index in [0.717, 1.165) is 11.1 Å². The zero-order valence-electron chi connectivity index (χ0n) is 14.2. The molecule has 6 nitrogen and oxygen atoms in total. The highest BCUT2D eigenvalue weighted by Gasteiger charge is 2.18. The number of nitrogens with zero attached hydrogens (tertiary/aromatic N) is 3. The van der Waals surface area contributed by atoms with Gasteiger partial charge >= 0.3 is 0 Å². The number of aryl methyl sites for hydroxylation is 1. The maximum absolute atomic E-state index is 13.2. The molecule has 2 heterocycles. The van der Waals surface area contributed by atoms with Crippen LogP contribution in [0.3, 0.4) is 0 Å². The van der Waals surface area contributed by atoms with Gasteiger partial charge in [0.1, 0.15) is 17.7 Å². The van der Waals surface area contributed by atoms with Gasteiger partial charge in [-0.3, -0.25) is 5.10 Å². The Hall–Kier alpha value is -3.03. The molecule has 3 N–H and O–H groups in total. The van der Waals surface area contributed by atoms with E-state index in [2.05, 4.69) is 25.5 Å². The number of aliphatic hydroxyl groups is 1. The zero-order chi connectivity index (χ0) is 19.0. The summed E-state index contributed by atoms with van der Waals surface area (Å²) < 4.78 is 13.2. The maximum atomic E-state index is 13.2. The summed E-state index contributed by atoms with van der Waals surface area (Å²) in [5.41, 5.74) is 1.95. The van der Waals surface area contributed by atoms with Crippen LogP contribution < -0.4 is 5.32 Å². The number of anilines is 2. The van der Waals surface area contributed by atoms with Gasteiger partial charge in [-0.25, -0.2) is 14.4 Å². The fraction of sp³-hybridized carbons (Fsp3) is 0.105. The molecule has 0 spiro atoms. The fourth-order valence-electron chi connectivity index (χ4n) is 2.74. The van der Waals surface area contributed by atoms with Gasteiger partial charge in [0.2, 0.25) is 0 Å². The summed E-state index contributed by atoms with van der Waals surface area (Å²) in [6, 6.07) is 12.6. The molecule has 4 aromatic rings. The molecule has 0 radical (unpaired) electrons. The normalized spacial score (nSPS) is 12.3. The van der Waals surface area contributed by atoms with Crippen molar-refractivity contribution in [3.63, 3.8) is 0 Å². The Morgan fingerprint density at radius 1 is 1.11 bits per heavy atom. The fourth-order valence-corrected chi connectivity index (χ4v) is 2.90. The lowest BCUT2D eigenvalue weighted by Gasteiger charge is -2.14. The number of nitrogens with one attached hydrogen (secondary N) is 2. The standard InChI is InChI=1S/C19H15ClFN5O/c1-10-8-16(26-25-10)23-18-14-7-4-12(20)9-15(14)22-19(24-18)17(27)11-2-5-13(21)6-3-11/h2-9,17,27H,1H3,(H2,22,23,24,25,26)/t17-/m0/s1. The van der Waals surface area contributed by atoms with Gasteiger partial charge in [-0.1, -0.05) is 23.7 Å². The monoisotopic (exact) mass is 383 g/mol. The van der Waals surface area contributed by atoms with E-state index >= 15 is 0 Å². The Morgan fingerprint density at radius 3 is 2.59 bits per heavy atom. The van der Waals surface area contributed by atoms with E-state index in [1.54, 1.807) is 18.2 Å². The molecular formula is C19H15ClFN5O. The third kappa shape index (κ3) is 3.60. The highest BCUT2D eigenvalue weighted by atomic mass is 35.5. The van der Waals surface area contributed by atoms with Gasteiger partial charge in [0.15, 0.2) is 11.6 Å². The molecule has 0 aliphatic heterocycles. The van der Waals surface area contributed by atoms with Crippen LogP contribution in [0.25, 0.3) is 10.9 Å². The minimum Gasteiger partial charge on any atom is -0.380 e. The van der Waals surface area contributed by atoms with Gasteiger partial charge in [-0.05, 0) is 42.8 Å². The molecule has 0 saturated heterocycles. The molecule has 8 heteroatoms. The highest BCUT2D eigenvalue weighted by molar-refractivity contribution is 6.31. The van der Waals surface area contributed by atoms with Crippen molar-refractivity contribution < 1.29 is 9.50 Å². The van der Waals surface area contributed by atoms with Gasteiger partial charge in [-0.2, -0.15) is 5.10 Å². The van der Waals surface area contributed by atoms with Crippen molar-refractivity contribution in [3.05, 3.63) is 76.5 Å². The molecule has 2 aromatic carbocycles. The maximum Gasteiger partial charge on any atom is 0.164 e. The van der Waals surface area contributed by atoms with E-state index in [0.29, 0.717) is 27.7 Å². The Bertz CT molecular complexity index is 1110. The summed E-state index contributed by atoms with van der Waals surface area (Å²) in [7, 11) is 0. The van der Waals surface area contributed by atoms with Gasteiger partial charge in [0, 0.05) is 22.2 Å². The van der Waals surface area contributed by atoms with E-state index < -0.39 is 6.10 Å². The molecule has 0 aliphatic carbocycles. The molecular weight excluding hydrogens is 369 g/mol. The Labute approximate surface area is 159 Å². The van der Waals surface area contributed by atoms with Crippen LogP contribution in [0.4, 0.5) is 16.0 Å². The minimum atomic E-state index is -1.12. The van der Waals surface area contributed by atoms with Gasteiger partial charge in [0.25, 0.3) is 0 Å². The minimum absolute atomic E-state index is 0.172. The van der Waals surface area contributed by atoms with Crippen molar-refractivity contribution in [2.75, 3.05) is 5.32 Å². The molecule has 0 saturated carbocycles. The number of H-pyrrole nitrogens is 1. The number of halogens is 2. The van der Waals surface area contributed by atoms with E-state index in [9.17, 15) is 9.50 Å². The molecule has 2 aromatic heterocycles. The summed E-state index contributed by atoms with van der Waals surface area (Å²) in [6.07, 6.45) is -1.12. The lowest BCUT2D eigenvalue weighted by Crippen LogP contribution is -2.08. The Kier molecular flexibility index (Phi) is 4.47. The number of hydrogen-bond acceptors (Lipinski definition) is 5. The first-order valence-electron chi connectivity index (χ1n) is 8.19. The summed E-state index contributed by atoms with van der Waals surface area (Å²) in [4.78, 5) is 8.91. The van der Waals surface area contributed by atoms with Crippen LogP contribution >= 0.6 is 11.6 Å². The van der Waals surface area contributed by atoms with Crippen molar-refractivity contribution in [3.8, 4) is 0 Å². The number of hydrogen-bond donors (Lipinski definition) is 3. The molecule has 0 aliphatic rings. The third-order valence-electron chi connectivity index (χ3n) is 4.06. The number of fused-ring (bicyclic) bond motifs is 1. The average molecular weight is 384 g/mol. The van der Waals surface area contributed by atoms with Gasteiger partial charge < -0.3 is 10.4 Å². The number of benzene rings is 2.